The Balaban J connectivity index is 2.07. The maximum absolute atomic E-state index is 12.6. The number of hydrogen-bond donors (Lipinski definition) is 0. The molecule has 1 saturated heterocycles. The number of halogens is 1. The Morgan fingerprint density at radius 2 is 2.23 bits per heavy atom. The lowest BCUT2D eigenvalue weighted by Crippen LogP contribution is -2.46. The van der Waals surface area contributed by atoms with Crippen LogP contribution in [0, 0.1) is 0 Å². The van der Waals surface area contributed by atoms with Gasteiger partial charge in [-0.2, -0.15) is 4.31 Å². The molecule has 1 fully saturated rings. The third kappa shape index (κ3) is 4.01. The van der Waals surface area contributed by atoms with Gasteiger partial charge in [-0.25, -0.2) is 8.42 Å². The largest absolute Gasteiger partial charge is 0.339 e. The fraction of sp³-hybridized carbons (Fsp3) is 0.643. The van der Waals surface area contributed by atoms with Crippen LogP contribution in [0.5, 0.6) is 0 Å². The summed E-state index contributed by atoms with van der Waals surface area (Å²) in [6.07, 6.45) is 1.89. The van der Waals surface area contributed by atoms with Crippen LogP contribution >= 0.6 is 22.9 Å². The molecule has 1 amide bonds. The van der Waals surface area contributed by atoms with Crippen LogP contribution in [0.3, 0.4) is 0 Å². The number of carbonyl (C=O) groups is 1. The van der Waals surface area contributed by atoms with Crippen molar-refractivity contribution in [1.82, 2.24) is 9.21 Å². The first-order chi connectivity index (χ1) is 10.3. The van der Waals surface area contributed by atoms with Crippen LogP contribution in [-0.4, -0.2) is 48.9 Å². The number of thiophene rings is 1. The van der Waals surface area contributed by atoms with Gasteiger partial charge in [-0.1, -0.05) is 18.5 Å². The predicted molar refractivity (Wildman–Crippen MR) is 89.6 cm³/mol. The Morgan fingerprint density at radius 1 is 1.50 bits per heavy atom. The second-order valence-corrected chi connectivity index (χ2v) is 9.33. The van der Waals surface area contributed by atoms with Crippen LogP contribution in [0.4, 0.5) is 0 Å². The Kier molecular flexibility index (Phi) is 5.87. The molecule has 0 N–H and O–H groups in total. The molecular formula is C14H21ClN2O3S2. The third-order valence-electron chi connectivity index (χ3n) is 3.71. The average Bonchev–Trinajstić information content (AvgIpc) is 3.07. The van der Waals surface area contributed by atoms with Crippen molar-refractivity contribution in [2.75, 3.05) is 19.3 Å². The van der Waals surface area contributed by atoms with Crippen molar-refractivity contribution in [1.29, 1.82) is 0 Å². The van der Waals surface area contributed by atoms with Crippen molar-refractivity contribution < 1.29 is 13.2 Å². The summed E-state index contributed by atoms with van der Waals surface area (Å²) in [5.41, 5.74) is 0. The lowest BCUT2D eigenvalue weighted by Gasteiger charge is -2.27. The molecule has 0 aliphatic carbocycles. The van der Waals surface area contributed by atoms with Gasteiger partial charge in [-0.15, -0.1) is 11.3 Å². The predicted octanol–water partition coefficient (Wildman–Crippen LogP) is 2.56. The van der Waals surface area contributed by atoms with Crippen molar-refractivity contribution in [3.05, 3.63) is 21.3 Å². The first-order valence-electron chi connectivity index (χ1n) is 7.34. The zero-order valence-corrected chi connectivity index (χ0v) is 15.2. The number of carbonyl (C=O) groups excluding carboxylic acids is 1. The molecule has 0 saturated carbocycles. The molecular weight excluding hydrogens is 344 g/mol. The molecule has 1 unspecified atom stereocenters. The first kappa shape index (κ1) is 17.7. The van der Waals surface area contributed by atoms with E-state index in [0.29, 0.717) is 30.3 Å². The summed E-state index contributed by atoms with van der Waals surface area (Å²) in [5, 5.41) is 0. The number of hydrogen-bond acceptors (Lipinski definition) is 4. The summed E-state index contributed by atoms with van der Waals surface area (Å²) in [6, 6.07) is 3.13. The van der Waals surface area contributed by atoms with E-state index in [0.717, 1.165) is 11.3 Å². The molecule has 0 bridgehead atoms. The second-order valence-electron chi connectivity index (χ2n) is 5.48. The van der Waals surface area contributed by atoms with Gasteiger partial charge in [-0.05, 0) is 31.4 Å². The van der Waals surface area contributed by atoms with Crippen molar-refractivity contribution in [3.63, 3.8) is 0 Å². The molecule has 1 aliphatic heterocycles. The van der Waals surface area contributed by atoms with Gasteiger partial charge in [0.05, 0.1) is 16.6 Å². The highest BCUT2D eigenvalue weighted by molar-refractivity contribution is 7.89. The van der Waals surface area contributed by atoms with Gasteiger partial charge in [-0.3, -0.25) is 4.79 Å². The average molecular weight is 365 g/mol. The van der Waals surface area contributed by atoms with Crippen molar-refractivity contribution >= 4 is 38.9 Å². The van der Waals surface area contributed by atoms with Crippen molar-refractivity contribution in [2.24, 2.45) is 0 Å². The smallest absolute Gasteiger partial charge is 0.241 e. The monoisotopic (exact) mass is 364 g/mol. The minimum atomic E-state index is -3.34. The number of likely N-dealkylation sites (N-methyl/N-ethyl adjacent to an activating group) is 1. The maximum Gasteiger partial charge on any atom is 0.241 e. The quantitative estimate of drug-likeness (QED) is 0.779. The van der Waals surface area contributed by atoms with Gasteiger partial charge in [0.25, 0.3) is 0 Å². The Labute approximate surface area is 140 Å². The van der Waals surface area contributed by atoms with Crippen LogP contribution in [0.15, 0.2) is 12.1 Å². The van der Waals surface area contributed by atoms with E-state index in [1.807, 2.05) is 13.0 Å². The Morgan fingerprint density at radius 3 is 2.82 bits per heavy atom. The summed E-state index contributed by atoms with van der Waals surface area (Å²) in [6.45, 7) is 2.73. The number of sulfonamides is 1. The van der Waals surface area contributed by atoms with E-state index >= 15 is 0 Å². The minimum absolute atomic E-state index is 0.0982. The highest BCUT2D eigenvalue weighted by Gasteiger charge is 2.39. The first-order valence-corrected chi connectivity index (χ1v) is 10.1. The molecule has 124 valence electrons. The zero-order valence-electron chi connectivity index (χ0n) is 12.8. The number of amides is 1. The molecule has 22 heavy (non-hydrogen) atoms. The van der Waals surface area contributed by atoms with Crippen LogP contribution in [0.25, 0.3) is 0 Å². The third-order valence-corrected chi connectivity index (χ3v) is 7.00. The minimum Gasteiger partial charge on any atom is -0.339 e. The fourth-order valence-electron chi connectivity index (χ4n) is 2.70. The fourth-order valence-corrected chi connectivity index (χ4v) is 5.58. The molecule has 0 aromatic carbocycles. The second kappa shape index (κ2) is 7.29. The van der Waals surface area contributed by atoms with E-state index in [9.17, 15) is 13.2 Å². The summed E-state index contributed by atoms with van der Waals surface area (Å²) >= 11 is 7.33. The molecule has 1 atom stereocenters. The lowest BCUT2D eigenvalue weighted by atomic mass is 10.2. The molecule has 2 rings (SSSR count). The van der Waals surface area contributed by atoms with E-state index in [4.69, 9.17) is 11.6 Å². The van der Waals surface area contributed by atoms with Crippen LogP contribution in [0.1, 0.15) is 31.1 Å². The van der Waals surface area contributed by atoms with Gasteiger partial charge in [0.2, 0.25) is 15.9 Å². The molecule has 5 nitrogen and oxygen atoms in total. The molecule has 0 radical (unpaired) electrons. The summed E-state index contributed by atoms with van der Waals surface area (Å²) in [4.78, 5) is 15.2. The van der Waals surface area contributed by atoms with E-state index in [-0.39, 0.29) is 11.7 Å². The highest BCUT2D eigenvalue weighted by atomic mass is 35.5. The maximum atomic E-state index is 12.6. The van der Waals surface area contributed by atoms with Gasteiger partial charge < -0.3 is 4.90 Å². The lowest BCUT2D eigenvalue weighted by molar-refractivity contribution is -0.133. The van der Waals surface area contributed by atoms with Crippen LogP contribution in [0.2, 0.25) is 4.34 Å². The number of nitrogens with zero attached hydrogens (tertiary/aromatic N) is 2. The molecule has 8 heteroatoms. The zero-order chi connectivity index (χ0) is 16.3. The Bertz CT molecular complexity index is 630. The van der Waals surface area contributed by atoms with E-state index in [1.54, 1.807) is 18.0 Å². The standard InChI is InChI=1S/C14H21ClN2O3S2/c1-3-9-22(19,20)17-8-4-5-12(17)14(18)16(2)10-11-6-7-13(15)21-11/h6-7,12H,3-5,8-10H2,1-2H3. The molecule has 0 spiro atoms. The van der Waals surface area contributed by atoms with E-state index in [2.05, 4.69) is 0 Å². The Hall–Kier alpha value is -0.630. The highest BCUT2D eigenvalue weighted by Crippen LogP contribution is 2.26. The summed E-state index contributed by atoms with van der Waals surface area (Å²) in [5.74, 6) is -0.0391. The van der Waals surface area contributed by atoms with Crippen LogP contribution < -0.4 is 0 Å². The van der Waals surface area contributed by atoms with Crippen molar-refractivity contribution in [2.45, 2.75) is 38.8 Å². The van der Waals surface area contributed by atoms with E-state index in [1.165, 1.54) is 15.6 Å². The molecule has 1 aromatic heterocycles. The molecule has 1 aliphatic rings. The van der Waals surface area contributed by atoms with Crippen molar-refractivity contribution in [3.8, 4) is 0 Å². The normalized spacial score (nSPS) is 19.5. The van der Waals surface area contributed by atoms with Gasteiger partial charge >= 0.3 is 0 Å². The van der Waals surface area contributed by atoms with Crippen LogP contribution in [-0.2, 0) is 21.4 Å². The topological polar surface area (TPSA) is 57.7 Å². The molecule has 1 aromatic rings. The van der Waals surface area contributed by atoms with E-state index < -0.39 is 16.1 Å². The SMILES string of the molecule is CCCS(=O)(=O)N1CCCC1C(=O)N(C)Cc1ccc(Cl)s1. The summed E-state index contributed by atoms with van der Waals surface area (Å²) < 4.78 is 26.6. The molecule has 2 heterocycles. The number of rotatable bonds is 6. The summed E-state index contributed by atoms with van der Waals surface area (Å²) in [7, 11) is -1.63. The van der Waals surface area contributed by atoms with Gasteiger partial charge in [0.15, 0.2) is 0 Å². The van der Waals surface area contributed by atoms with Gasteiger partial charge in [0, 0.05) is 18.5 Å². The van der Waals surface area contributed by atoms with Gasteiger partial charge in [0.1, 0.15) is 6.04 Å².